The lowest BCUT2D eigenvalue weighted by Gasteiger charge is -2.13. The van der Waals surface area contributed by atoms with Crippen LogP contribution in [-0.2, 0) is 6.42 Å². The van der Waals surface area contributed by atoms with Crippen LogP contribution in [0.15, 0.2) is 6.07 Å². The Morgan fingerprint density at radius 3 is 2.38 bits per heavy atom. The molecule has 7 nitrogen and oxygen atoms in total. The van der Waals surface area contributed by atoms with Gasteiger partial charge in [-0.3, -0.25) is 0 Å². The van der Waals surface area contributed by atoms with Crippen LogP contribution >= 0.6 is 0 Å². The number of carboxylic acid groups (broad SMARTS) is 1. The molecule has 4 N–H and O–H groups in total. The van der Waals surface area contributed by atoms with Crippen LogP contribution in [0.3, 0.4) is 0 Å². The van der Waals surface area contributed by atoms with Gasteiger partial charge in [-0.25, -0.2) is 0 Å². The van der Waals surface area contributed by atoms with E-state index in [1.807, 2.05) is 0 Å². The number of hydrogen-bond donors (Lipinski definition) is 2. The molecule has 0 saturated carbocycles. The van der Waals surface area contributed by atoms with Gasteiger partial charge in [0.1, 0.15) is 0 Å². The summed E-state index contributed by atoms with van der Waals surface area (Å²) in [7, 11) is 4.50. The van der Waals surface area contributed by atoms with E-state index in [-0.39, 0.29) is 5.69 Å². The maximum atomic E-state index is 11.3. The molecule has 0 unspecified atom stereocenters. The number of methoxy groups -OCH3 is 3. The highest BCUT2D eigenvalue weighted by atomic mass is 16.5. The van der Waals surface area contributed by atoms with Gasteiger partial charge in [-0.2, -0.15) is 0 Å². The van der Waals surface area contributed by atoms with Crippen molar-refractivity contribution in [2.75, 3.05) is 27.9 Å². The third-order valence-electron chi connectivity index (χ3n) is 3.32. The molecule has 0 saturated heterocycles. The molecule has 0 atom stereocenters. The van der Waals surface area contributed by atoms with Gasteiger partial charge in [0.15, 0.2) is 11.5 Å². The number of aromatic amines is 1. The van der Waals surface area contributed by atoms with Gasteiger partial charge in [0.2, 0.25) is 5.75 Å². The highest BCUT2D eigenvalue weighted by Gasteiger charge is 2.22. The Morgan fingerprint density at radius 2 is 1.90 bits per heavy atom. The van der Waals surface area contributed by atoms with Crippen molar-refractivity contribution in [1.29, 1.82) is 0 Å². The second kappa shape index (κ2) is 5.92. The Labute approximate surface area is 121 Å². The first kappa shape index (κ1) is 15.0. The summed E-state index contributed by atoms with van der Waals surface area (Å²) in [5.74, 6) is 0.0320. The maximum absolute atomic E-state index is 11.3. The normalized spacial score (nSPS) is 10.7. The van der Waals surface area contributed by atoms with Gasteiger partial charge in [-0.1, -0.05) is 0 Å². The third-order valence-corrected chi connectivity index (χ3v) is 3.32. The molecule has 1 heterocycles. The number of rotatable bonds is 6. The number of nitrogens with one attached hydrogen (secondary N) is 1. The molecule has 114 valence electrons. The summed E-state index contributed by atoms with van der Waals surface area (Å²) >= 11 is 0. The van der Waals surface area contributed by atoms with Crippen LogP contribution in [0.4, 0.5) is 0 Å². The molecule has 21 heavy (non-hydrogen) atoms. The van der Waals surface area contributed by atoms with Crippen LogP contribution in [0.25, 0.3) is 10.9 Å². The zero-order chi connectivity index (χ0) is 15.6. The number of fused-ring (bicyclic) bond motifs is 1. The lowest BCUT2D eigenvalue weighted by atomic mass is 10.1. The summed E-state index contributed by atoms with van der Waals surface area (Å²) in [6, 6.07) is 1.68. The first-order valence-electron chi connectivity index (χ1n) is 6.43. The lowest BCUT2D eigenvalue weighted by molar-refractivity contribution is -0.366. The summed E-state index contributed by atoms with van der Waals surface area (Å²) in [5, 5.41) is 12.0. The van der Waals surface area contributed by atoms with Crippen molar-refractivity contribution in [2.45, 2.75) is 6.42 Å². The number of carbonyl (C=O) groups is 1. The molecule has 1 aromatic heterocycles. The van der Waals surface area contributed by atoms with E-state index < -0.39 is 5.97 Å². The summed E-state index contributed by atoms with van der Waals surface area (Å²) < 4.78 is 16.0. The Kier molecular flexibility index (Phi) is 4.23. The number of benzene rings is 1. The van der Waals surface area contributed by atoms with Crippen molar-refractivity contribution in [3.05, 3.63) is 17.3 Å². The fourth-order valence-corrected chi connectivity index (χ4v) is 2.49. The number of quaternary nitrogens is 1. The Hall–Kier alpha value is -2.41. The second-order valence-corrected chi connectivity index (χ2v) is 4.44. The van der Waals surface area contributed by atoms with Crippen molar-refractivity contribution < 1.29 is 29.8 Å². The SMILES string of the molecule is COc1cc2[nH]c(C(=O)[O-])c(CC[NH3+])c2c(OC)c1OC. The molecule has 1 aromatic carbocycles. The number of aromatic carboxylic acids is 1. The van der Waals surface area contributed by atoms with Crippen molar-refractivity contribution in [3.8, 4) is 17.2 Å². The largest absolute Gasteiger partial charge is 0.543 e. The summed E-state index contributed by atoms with van der Waals surface area (Å²) in [5.41, 5.74) is 4.99. The van der Waals surface area contributed by atoms with Crippen molar-refractivity contribution in [1.82, 2.24) is 4.98 Å². The van der Waals surface area contributed by atoms with Crippen LogP contribution in [0.1, 0.15) is 16.1 Å². The Balaban J connectivity index is 2.89. The van der Waals surface area contributed by atoms with Gasteiger partial charge in [-0.15, -0.1) is 0 Å². The molecule has 0 fully saturated rings. The molecular weight excluding hydrogens is 276 g/mol. The number of hydrogen-bond acceptors (Lipinski definition) is 5. The van der Waals surface area contributed by atoms with Gasteiger partial charge in [0.25, 0.3) is 0 Å². The molecule has 0 aliphatic heterocycles. The number of carboxylic acids is 1. The Morgan fingerprint density at radius 1 is 1.24 bits per heavy atom. The summed E-state index contributed by atoms with van der Waals surface area (Å²) in [6.07, 6.45) is 0.481. The molecule has 0 amide bonds. The third kappa shape index (κ3) is 2.36. The zero-order valence-electron chi connectivity index (χ0n) is 12.2. The maximum Gasteiger partial charge on any atom is 0.204 e. The molecule has 0 aliphatic rings. The number of carbonyl (C=O) groups excluding carboxylic acids is 1. The van der Waals surface area contributed by atoms with Crippen LogP contribution in [0.2, 0.25) is 0 Å². The van der Waals surface area contributed by atoms with Gasteiger partial charge < -0.3 is 34.8 Å². The van der Waals surface area contributed by atoms with Gasteiger partial charge >= 0.3 is 0 Å². The van der Waals surface area contributed by atoms with E-state index in [9.17, 15) is 9.90 Å². The number of aromatic nitrogens is 1. The highest BCUT2D eigenvalue weighted by Crippen LogP contribution is 2.45. The van der Waals surface area contributed by atoms with E-state index in [4.69, 9.17) is 14.2 Å². The molecule has 0 spiro atoms. The first-order chi connectivity index (χ1) is 10.1. The van der Waals surface area contributed by atoms with Gasteiger partial charge in [0, 0.05) is 17.9 Å². The molecule has 2 aromatic rings. The molecule has 2 rings (SSSR count). The van der Waals surface area contributed by atoms with E-state index >= 15 is 0 Å². The minimum absolute atomic E-state index is 0.0299. The van der Waals surface area contributed by atoms with E-state index in [1.165, 1.54) is 21.3 Å². The predicted octanol–water partition coefficient (Wildman–Crippen LogP) is -0.658. The second-order valence-electron chi connectivity index (χ2n) is 4.44. The van der Waals surface area contributed by atoms with Gasteiger partial charge in [-0.05, 0) is 5.56 Å². The standard InChI is InChI=1S/C14H18N2O5/c1-19-9-6-8-10(13(21-3)12(9)20-2)7(4-5-15)11(16-8)14(17)18/h6,16H,4-5,15H2,1-3H3,(H,17,18). The van der Waals surface area contributed by atoms with E-state index in [1.54, 1.807) is 6.07 Å². The fraction of sp³-hybridized carbons (Fsp3) is 0.357. The smallest absolute Gasteiger partial charge is 0.204 e. The lowest BCUT2D eigenvalue weighted by Crippen LogP contribution is -2.51. The fourth-order valence-electron chi connectivity index (χ4n) is 2.49. The monoisotopic (exact) mass is 294 g/mol. The van der Waals surface area contributed by atoms with Crippen molar-refractivity contribution in [2.24, 2.45) is 0 Å². The van der Waals surface area contributed by atoms with Crippen LogP contribution in [-0.4, -0.2) is 38.8 Å². The first-order valence-corrected chi connectivity index (χ1v) is 6.43. The van der Waals surface area contributed by atoms with Crippen LogP contribution in [0.5, 0.6) is 17.2 Å². The summed E-state index contributed by atoms with van der Waals surface area (Å²) in [4.78, 5) is 14.2. The van der Waals surface area contributed by atoms with Gasteiger partial charge in [0.05, 0.1) is 45.1 Å². The molecular formula is C14H18N2O5. The Bertz CT molecular complexity index is 678. The molecule has 0 radical (unpaired) electrons. The quantitative estimate of drug-likeness (QED) is 0.735. The average Bonchev–Trinajstić information content (AvgIpc) is 2.84. The molecule has 0 bridgehead atoms. The van der Waals surface area contributed by atoms with Crippen molar-refractivity contribution >= 4 is 16.9 Å². The predicted molar refractivity (Wildman–Crippen MR) is 73.7 cm³/mol. The topological polar surface area (TPSA) is 111 Å². The van der Waals surface area contributed by atoms with E-state index in [0.717, 1.165) is 0 Å². The van der Waals surface area contributed by atoms with E-state index in [2.05, 4.69) is 10.7 Å². The number of H-pyrrole nitrogens is 1. The number of ether oxygens (including phenoxy) is 3. The minimum atomic E-state index is -1.27. The molecule has 0 aliphatic carbocycles. The highest BCUT2D eigenvalue weighted by molar-refractivity contribution is 6.01. The molecule has 7 heteroatoms. The minimum Gasteiger partial charge on any atom is -0.543 e. The van der Waals surface area contributed by atoms with Crippen LogP contribution in [0, 0.1) is 0 Å². The zero-order valence-corrected chi connectivity index (χ0v) is 12.2. The van der Waals surface area contributed by atoms with Crippen LogP contribution < -0.4 is 25.1 Å². The van der Waals surface area contributed by atoms with Crippen molar-refractivity contribution in [3.63, 3.8) is 0 Å². The average molecular weight is 294 g/mol. The summed E-state index contributed by atoms with van der Waals surface area (Å²) in [6.45, 7) is 0.546. The van der Waals surface area contributed by atoms with E-state index in [0.29, 0.717) is 46.7 Å².